The topological polar surface area (TPSA) is 44.4 Å². The molecule has 110 valence electrons. The maximum absolute atomic E-state index is 12.4. The van der Waals surface area contributed by atoms with Gasteiger partial charge < -0.3 is 15.5 Å². The second-order valence-corrected chi connectivity index (χ2v) is 5.57. The van der Waals surface area contributed by atoms with E-state index in [1.165, 1.54) is 0 Å². The first kappa shape index (κ1) is 15.1. The zero-order chi connectivity index (χ0) is 14.5. The van der Waals surface area contributed by atoms with Crippen molar-refractivity contribution in [2.75, 3.05) is 25.0 Å². The molecule has 1 saturated heterocycles. The number of benzene rings is 1. The number of nitrogens with one attached hydrogen (secondary N) is 2. The van der Waals surface area contributed by atoms with Crippen molar-refractivity contribution in [3.8, 4) is 0 Å². The molecule has 2 N–H and O–H groups in total. The first-order valence-corrected chi connectivity index (χ1v) is 7.54. The maximum Gasteiger partial charge on any atom is 0.322 e. The molecule has 0 unspecified atom stereocenters. The molecular formula is C15H22ClN3O. The first-order chi connectivity index (χ1) is 9.61. The number of rotatable bonds is 3. The Kier molecular flexibility index (Phi) is 5.26. The minimum atomic E-state index is -0.0423. The van der Waals surface area contributed by atoms with Gasteiger partial charge in [0.25, 0.3) is 0 Å². The van der Waals surface area contributed by atoms with Crippen LogP contribution in [0.15, 0.2) is 18.2 Å². The normalized spacial score (nSPS) is 15.9. The molecule has 1 heterocycles. The van der Waals surface area contributed by atoms with E-state index >= 15 is 0 Å². The average Bonchev–Trinajstić information content (AvgIpc) is 2.45. The van der Waals surface area contributed by atoms with Gasteiger partial charge in [0.1, 0.15) is 0 Å². The van der Waals surface area contributed by atoms with Gasteiger partial charge in [-0.15, -0.1) is 0 Å². The Morgan fingerprint density at radius 1 is 1.45 bits per heavy atom. The van der Waals surface area contributed by atoms with E-state index in [-0.39, 0.29) is 6.03 Å². The highest BCUT2D eigenvalue weighted by molar-refractivity contribution is 6.31. The number of amides is 2. The second-order valence-electron chi connectivity index (χ2n) is 5.16. The molecule has 1 aromatic carbocycles. The lowest BCUT2D eigenvalue weighted by atomic mass is 10.1. The van der Waals surface area contributed by atoms with E-state index in [4.69, 9.17) is 11.6 Å². The minimum Gasteiger partial charge on any atom is -0.322 e. The van der Waals surface area contributed by atoms with Crippen molar-refractivity contribution in [2.24, 2.45) is 0 Å². The van der Waals surface area contributed by atoms with E-state index in [2.05, 4.69) is 10.6 Å². The van der Waals surface area contributed by atoms with Crippen LogP contribution in [0, 0.1) is 6.92 Å². The largest absolute Gasteiger partial charge is 0.322 e. The number of aryl methyl sites for hydroxylation is 1. The van der Waals surface area contributed by atoms with Gasteiger partial charge in [-0.25, -0.2) is 4.79 Å². The zero-order valence-electron chi connectivity index (χ0n) is 12.1. The van der Waals surface area contributed by atoms with Crippen LogP contribution in [0.4, 0.5) is 10.5 Å². The summed E-state index contributed by atoms with van der Waals surface area (Å²) in [4.78, 5) is 14.3. The Morgan fingerprint density at radius 2 is 2.15 bits per heavy atom. The minimum absolute atomic E-state index is 0.0423. The summed E-state index contributed by atoms with van der Waals surface area (Å²) in [5.74, 6) is 0. The van der Waals surface area contributed by atoms with Crippen LogP contribution < -0.4 is 10.6 Å². The number of piperidine rings is 1. The van der Waals surface area contributed by atoms with Crippen LogP contribution in [0.5, 0.6) is 0 Å². The number of nitrogens with zero attached hydrogens (tertiary/aromatic N) is 1. The van der Waals surface area contributed by atoms with Crippen LogP contribution >= 0.6 is 11.6 Å². The van der Waals surface area contributed by atoms with Gasteiger partial charge in [0.15, 0.2) is 0 Å². The number of hydrogen-bond acceptors (Lipinski definition) is 2. The molecule has 0 atom stereocenters. The van der Waals surface area contributed by atoms with E-state index in [1.807, 2.05) is 30.9 Å². The van der Waals surface area contributed by atoms with Crippen LogP contribution in [0.2, 0.25) is 5.02 Å². The lowest BCUT2D eigenvalue weighted by Gasteiger charge is -2.33. The number of carbonyl (C=O) groups excluding carboxylic acids is 1. The highest BCUT2D eigenvalue weighted by Crippen LogP contribution is 2.21. The molecule has 5 heteroatoms. The van der Waals surface area contributed by atoms with Crippen LogP contribution in [0.3, 0.4) is 0 Å². The fourth-order valence-corrected chi connectivity index (χ4v) is 2.73. The summed E-state index contributed by atoms with van der Waals surface area (Å²) in [6.07, 6.45) is 2.02. The van der Waals surface area contributed by atoms with Gasteiger partial charge >= 0.3 is 6.03 Å². The summed E-state index contributed by atoms with van der Waals surface area (Å²) in [5.41, 5.74) is 1.76. The molecule has 0 aliphatic carbocycles. The lowest BCUT2D eigenvalue weighted by molar-refractivity contribution is 0.175. The third-order valence-electron chi connectivity index (χ3n) is 3.77. The molecule has 1 aliphatic heterocycles. The van der Waals surface area contributed by atoms with Crippen LogP contribution in [-0.2, 0) is 0 Å². The quantitative estimate of drug-likeness (QED) is 0.899. The number of urea groups is 1. The fourth-order valence-electron chi connectivity index (χ4n) is 2.55. The molecule has 1 aliphatic rings. The fraction of sp³-hybridized carbons (Fsp3) is 0.533. The molecule has 0 radical (unpaired) electrons. The average molecular weight is 296 g/mol. The van der Waals surface area contributed by atoms with E-state index in [9.17, 15) is 4.79 Å². The molecule has 0 saturated carbocycles. The number of carbonyl (C=O) groups is 1. The number of anilines is 1. The highest BCUT2D eigenvalue weighted by atomic mass is 35.5. The van der Waals surface area contributed by atoms with Gasteiger partial charge in [-0.3, -0.25) is 0 Å². The van der Waals surface area contributed by atoms with Crippen LogP contribution in [0.1, 0.15) is 25.3 Å². The molecule has 2 amide bonds. The number of halogens is 1. The van der Waals surface area contributed by atoms with Crippen molar-refractivity contribution < 1.29 is 4.79 Å². The van der Waals surface area contributed by atoms with E-state index in [1.54, 1.807) is 6.07 Å². The molecule has 0 spiro atoms. The van der Waals surface area contributed by atoms with Gasteiger partial charge in [0.05, 0.1) is 0 Å². The molecule has 1 fully saturated rings. The van der Waals surface area contributed by atoms with E-state index in [0.717, 1.165) is 43.7 Å². The molecule has 0 bridgehead atoms. The van der Waals surface area contributed by atoms with Crippen molar-refractivity contribution in [1.82, 2.24) is 10.2 Å². The third kappa shape index (κ3) is 3.64. The first-order valence-electron chi connectivity index (χ1n) is 7.16. The lowest BCUT2D eigenvalue weighted by Crippen LogP contribution is -2.47. The highest BCUT2D eigenvalue weighted by Gasteiger charge is 2.23. The monoisotopic (exact) mass is 295 g/mol. The summed E-state index contributed by atoms with van der Waals surface area (Å²) in [6.45, 7) is 6.64. The Morgan fingerprint density at radius 3 is 2.75 bits per heavy atom. The predicted molar refractivity (Wildman–Crippen MR) is 83.5 cm³/mol. The summed E-state index contributed by atoms with van der Waals surface area (Å²) in [5, 5.41) is 6.93. The zero-order valence-corrected chi connectivity index (χ0v) is 12.8. The third-order valence-corrected chi connectivity index (χ3v) is 4.18. The van der Waals surface area contributed by atoms with Crippen molar-refractivity contribution in [3.05, 3.63) is 28.8 Å². The van der Waals surface area contributed by atoms with Gasteiger partial charge in [-0.1, -0.05) is 17.7 Å². The standard InChI is InChI=1S/C15H22ClN3O/c1-3-19(13-6-8-17-9-7-13)15(20)18-12-5-4-11(2)14(16)10-12/h4-5,10,13,17H,3,6-9H2,1-2H3,(H,18,20). The van der Waals surface area contributed by atoms with Crippen LogP contribution in [0.25, 0.3) is 0 Å². The van der Waals surface area contributed by atoms with Gasteiger partial charge in [-0.2, -0.15) is 0 Å². The molecule has 4 nitrogen and oxygen atoms in total. The van der Waals surface area contributed by atoms with Gasteiger partial charge in [-0.05, 0) is 57.5 Å². The van der Waals surface area contributed by atoms with Gasteiger partial charge in [0.2, 0.25) is 0 Å². The van der Waals surface area contributed by atoms with Crippen LogP contribution in [-0.4, -0.2) is 36.6 Å². The molecule has 2 rings (SSSR count). The summed E-state index contributed by atoms with van der Waals surface area (Å²) < 4.78 is 0. The van der Waals surface area contributed by atoms with Crippen molar-refractivity contribution >= 4 is 23.3 Å². The van der Waals surface area contributed by atoms with Crippen molar-refractivity contribution in [2.45, 2.75) is 32.7 Å². The molecule has 20 heavy (non-hydrogen) atoms. The molecular weight excluding hydrogens is 274 g/mol. The van der Waals surface area contributed by atoms with Gasteiger partial charge in [0, 0.05) is 23.3 Å². The van der Waals surface area contributed by atoms with Crippen molar-refractivity contribution in [3.63, 3.8) is 0 Å². The smallest absolute Gasteiger partial charge is 0.322 e. The predicted octanol–water partition coefficient (Wildman–Crippen LogP) is 3.25. The second kappa shape index (κ2) is 6.95. The van der Waals surface area contributed by atoms with E-state index in [0.29, 0.717) is 11.1 Å². The van der Waals surface area contributed by atoms with Crippen molar-refractivity contribution in [1.29, 1.82) is 0 Å². The SMILES string of the molecule is CCN(C(=O)Nc1ccc(C)c(Cl)c1)C1CCNCC1. The summed E-state index contributed by atoms with van der Waals surface area (Å²) in [6, 6.07) is 5.88. The Bertz CT molecular complexity index is 472. The molecule has 0 aromatic heterocycles. The summed E-state index contributed by atoms with van der Waals surface area (Å²) >= 11 is 6.09. The maximum atomic E-state index is 12.4. The Balaban J connectivity index is 2.02. The molecule has 1 aromatic rings. The number of hydrogen-bond donors (Lipinski definition) is 2. The Labute approximate surface area is 125 Å². The summed E-state index contributed by atoms with van der Waals surface area (Å²) in [7, 11) is 0. The van der Waals surface area contributed by atoms with E-state index < -0.39 is 0 Å². The Hall–Kier alpha value is -1.26.